The highest BCUT2D eigenvalue weighted by atomic mass is 16.3. The Morgan fingerprint density at radius 3 is 2.36 bits per heavy atom. The molecule has 1 heterocycles. The van der Waals surface area contributed by atoms with Crippen LogP contribution in [0.4, 0.5) is 4.79 Å². The van der Waals surface area contributed by atoms with E-state index < -0.39 is 17.7 Å². The zero-order valence-electron chi connectivity index (χ0n) is 15.7. The number of hydrogen-bond donors (Lipinski definition) is 3. The van der Waals surface area contributed by atoms with Gasteiger partial charge in [-0.1, -0.05) is 26.0 Å². The van der Waals surface area contributed by atoms with E-state index in [2.05, 4.69) is 23.8 Å². The highest BCUT2D eigenvalue weighted by Crippen LogP contribution is 2.33. The molecule has 1 saturated carbocycles. The predicted octanol–water partition coefficient (Wildman–Crippen LogP) is 1.81. The van der Waals surface area contributed by atoms with Crippen molar-refractivity contribution in [1.29, 1.82) is 0 Å². The molecule has 1 saturated heterocycles. The number of carbonyl (C=O) groups is 2. The van der Waals surface area contributed by atoms with E-state index in [-0.39, 0.29) is 36.4 Å². The van der Waals surface area contributed by atoms with Crippen LogP contribution >= 0.6 is 0 Å². The molecule has 4 atom stereocenters. The van der Waals surface area contributed by atoms with Gasteiger partial charge in [-0.2, -0.15) is 0 Å². The monoisotopic (exact) mass is 349 g/mol. The van der Waals surface area contributed by atoms with E-state index in [0.29, 0.717) is 5.92 Å². The van der Waals surface area contributed by atoms with E-state index in [1.165, 1.54) is 4.90 Å². The molecule has 1 aliphatic heterocycles. The fourth-order valence-corrected chi connectivity index (χ4v) is 2.96. The molecule has 3 amide bonds. The second-order valence-corrected chi connectivity index (χ2v) is 8.29. The lowest BCUT2D eigenvalue weighted by molar-refractivity contribution is -0.125. The third-order valence-electron chi connectivity index (χ3n) is 5.85. The Hall–Kier alpha value is -1.82. The second kappa shape index (κ2) is 6.83. The van der Waals surface area contributed by atoms with Crippen molar-refractivity contribution < 1.29 is 14.7 Å². The van der Waals surface area contributed by atoms with Crippen molar-refractivity contribution in [2.45, 2.75) is 64.3 Å². The number of nitrogens with one attached hydrogen (secondary N) is 2. The first-order valence-corrected chi connectivity index (χ1v) is 8.85. The van der Waals surface area contributed by atoms with E-state index in [1.807, 2.05) is 33.8 Å². The molecule has 0 radical (unpaired) electrons. The lowest BCUT2D eigenvalue weighted by Crippen LogP contribution is -2.59. The lowest BCUT2D eigenvalue weighted by Gasteiger charge is -2.41. The van der Waals surface area contributed by atoms with Gasteiger partial charge in [0.05, 0.1) is 6.10 Å². The first kappa shape index (κ1) is 19.5. The van der Waals surface area contributed by atoms with Crippen molar-refractivity contribution in [2.24, 2.45) is 11.3 Å². The number of urea groups is 1. The average molecular weight is 349 g/mol. The topological polar surface area (TPSA) is 81.7 Å². The number of aliphatic hydroxyl groups is 1. The summed E-state index contributed by atoms with van der Waals surface area (Å²) < 4.78 is 0. The Morgan fingerprint density at radius 1 is 1.20 bits per heavy atom. The van der Waals surface area contributed by atoms with E-state index in [4.69, 9.17) is 0 Å². The molecule has 4 unspecified atom stereocenters. The molecule has 6 nitrogen and oxygen atoms in total. The summed E-state index contributed by atoms with van der Waals surface area (Å²) in [6, 6.07) is -0.889. The molecular formula is C19H31N3O3. The molecule has 0 aromatic carbocycles. The highest BCUT2D eigenvalue weighted by molar-refractivity contribution is 5.88. The molecule has 0 aromatic rings. The van der Waals surface area contributed by atoms with Crippen molar-refractivity contribution >= 4 is 11.9 Å². The van der Waals surface area contributed by atoms with Crippen LogP contribution in [-0.2, 0) is 4.79 Å². The molecule has 25 heavy (non-hydrogen) atoms. The minimum absolute atomic E-state index is 0.101. The van der Waals surface area contributed by atoms with Crippen LogP contribution in [0.1, 0.15) is 40.5 Å². The van der Waals surface area contributed by atoms with Crippen LogP contribution in [-0.4, -0.2) is 52.2 Å². The molecule has 0 bridgehead atoms. The maximum atomic E-state index is 12.8. The van der Waals surface area contributed by atoms with E-state index in [1.54, 1.807) is 6.08 Å². The fourth-order valence-electron chi connectivity index (χ4n) is 2.96. The molecular weight excluding hydrogens is 318 g/mol. The maximum Gasteiger partial charge on any atom is 0.318 e. The number of amides is 3. The highest BCUT2D eigenvalue weighted by Gasteiger charge is 2.44. The molecule has 6 heteroatoms. The summed E-state index contributed by atoms with van der Waals surface area (Å²) in [6.45, 7) is 15.6. The van der Waals surface area contributed by atoms with Crippen LogP contribution < -0.4 is 10.6 Å². The molecule has 2 aliphatic rings. The van der Waals surface area contributed by atoms with Gasteiger partial charge in [-0.15, -0.1) is 13.2 Å². The van der Waals surface area contributed by atoms with Gasteiger partial charge < -0.3 is 20.6 Å². The fraction of sp³-hybridized carbons (Fsp3) is 0.684. The van der Waals surface area contributed by atoms with Crippen LogP contribution in [0.5, 0.6) is 0 Å². The van der Waals surface area contributed by atoms with Crippen LogP contribution in [0.25, 0.3) is 0 Å². The van der Waals surface area contributed by atoms with Crippen molar-refractivity contribution in [2.75, 3.05) is 6.54 Å². The van der Waals surface area contributed by atoms with Crippen LogP contribution in [0, 0.1) is 11.3 Å². The van der Waals surface area contributed by atoms with Crippen molar-refractivity contribution in [3.63, 3.8) is 0 Å². The number of hydrogen-bond acceptors (Lipinski definition) is 3. The normalized spacial score (nSPS) is 29.1. The van der Waals surface area contributed by atoms with Gasteiger partial charge in [-0.05, 0) is 26.2 Å². The summed E-state index contributed by atoms with van der Waals surface area (Å²) in [6.07, 6.45) is 4.09. The molecule has 3 N–H and O–H groups in total. The van der Waals surface area contributed by atoms with E-state index in [9.17, 15) is 14.7 Å². The van der Waals surface area contributed by atoms with Gasteiger partial charge in [0.2, 0.25) is 5.91 Å². The summed E-state index contributed by atoms with van der Waals surface area (Å²) in [5.74, 6) is 0.103. The summed E-state index contributed by atoms with van der Waals surface area (Å²) in [5.41, 5.74) is -0.880. The van der Waals surface area contributed by atoms with Crippen LogP contribution in [0.2, 0.25) is 0 Å². The summed E-state index contributed by atoms with van der Waals surface area (Å²) in [4.78, 5) is 26.8. The zero-order chi connectivity index (χ0) is 19.0. The zero-order valence-corrected chi connectivity index (χ0v) is 15.7. The van der Waals surface area contributed by atoms with Gasteiger partial charge in [-0.3, -0.25) is 4.79 Å². The molecule has 2 fully saturated rings. The molecule has 140 valence electrons. The molecule has 2 rings (SSSR count). The summed E-state index contributed by atoms with van der Waals surface area (Å²) in [5, 5.41) is 15.9. The minimum atomic E-state index is -0.688. The quantitative estimate of drug-likeness (QED) is 0.640. The molecule has 0 spiro atoms. The molecule has 0 aromatic heterocycles. The van der Waals surface area contributed by atoms with E-state index in [0.717, 1.165) is 6.42 Å². The van der Waals surface area contributed by atoms with Gasteiger partial charge in [0.25, 0.3) is 0 Å². The maximum absolute atomic E-state index is 12.8. The Labute approximate surface area is 150 Å². The van der Waals surface area contributed by atoms with Crippen LogP contribution in [0.15, 0.2) is 25.3 Å². The Balaban J connectivity index is 2.05. The van der Waals surface area contributed by atoms with Gasteiger partial charge in [0.15, 0.2) is 0 Å². The third kappa shape index (κ3) is 4.06. The smallest absolute Gasteiger partial charge is 0.318 e. The first-order chi connectivity index (χ1) is 11.5. The predicted molar refractivity (Wildman–Crippen MR) is 97.9 cm³/mol. The average Bonchev–Trinajstić information content (AvgIpc) is 3.15. The van der Waals surface area contributed by atoms with Gasteiger partial charge >= 0.3 is 6.03 Å². The van der Waals surface area contributed by atoms with Gasteiger partial charge in [0.1, 0.15) is 6.04 Å². The number of nitrogens with zero attached hydrogens (tertiary/aromatic N) is 1. The standard InChI is InChI=1S/C19H31N3O3/c1-7-12-9-14(12)20-16(24)15-10-13(23)11-22(15)17(25)21-19(5,6)18(3,4)8-2/h7-8,12-15,23H,1-2,9-11H2,3-6H3,(H,20,24)(H,21,25). The summed E-state index contributed by atoms with van der Waals surface area (Å²) in [7, 11) is 0. The Bertz CT molecular complexity index is 570. The van der Waals surface area contributed by atoms with Crippen LogP contribution in [0.3, 0.4) is 0 Å². The number of β-amino-alcohol motifs (C(OH)–C–C–N with tert-alkyl or cyclic N) is 1. The third-order valence-corrected chi connectivity index (χ3v) is 5.85. The number of rotatable bonds is 6. The minimum Gasteiger partial charge on any atom is -0.391 e. The number of carbonyl (C=O) groups excluding carboxylic acids is 2. The van der Waals surface area contributed by atoms with Crippen molar-refractivity contribution in [3.8, 4) is 0 Å². The van der Waals surface area contributed by atoms with Crippen molar-refractivity contribution in [3.05, 3.63) is 25.3 Å². The first-order valence-electron chi connectivity index (χ1n) is 8.85. The molecule has 1 aliphatic carbocycles. The lowest BCUT2D eigenvalue weighted by atomic mass is 9.75. The van der Waals surface area contributed by atoms with E-state index >= 15 is 0 Å². The summed E-state index contributed by atoms with van der Waals surface area (Å²) >= 11 is 0. The Morgan fingerprint density at radius 2 is 1.84 bits per heavy atom. The number of likely N-dealkylation sites (tertiary alicyclic amines) is 1. The SMILES string of the molecule is C=CC1CC1NC(=O)C1CC(O)CN1C(=O)NC(C)(C)C(C)(C)C=C. The second-order valence-electron chi connectivity index (χ2n) is 8.29. The van der Waals surface area contributed by atoms with Crippen molar-refractivity contribution in [1.82, 2.24) is 15.5 Å². The largest absolute Gasteiger partial charge is 0.391 e. The van der Waals surface area contributed by atoms with Gasteiger partial charge in [-0.25, -0.2) is 4.79 Å². The number of aliphatic hydroxyl groups excluding tert-OH is 1. The van der Waals surface area contributed by atoms with Gasteiger partial charge in [0, 0.05) is 30.0 Å². The Kier molecular flexibility index (Phi) is 5.33.